The number of carbonyl (C=O) groups is 2. The molecular formula is C20H27N3O5S2. The molecule has 30 heavy (non-hydrogen) atoms. The molecule has 0 radical (unpaired) electrons. The summed E-state index contributed by atoms with van der Waals surface area (Å²) in [6.45, 7) is 7.36. The number of hydrogen-bond acceptors (Lipinski definition) is 6. The number of fused-ring (bicyclic) bond motifs is 1. The molecule has 3 rings (SSSR count). The van der Waals surface area contributed by atoms with Crippen molar-refractivity contribution in [1.82, 2.24) is 5.32 Å². The number of aryl methyl sites for hydroxylation is 1. The van der Waals surface area contributed by atoms with Gasteiger partial charge in [0.25, 0.3) is 0 Å². The second-order valence-corrected chi connectivity index (χ2v) is 11.8. The summed E-state index contributed by atoms with van der Waals surface area (Å²) in [5.74, 6) is -0.251. The number of thioether (sulfide) groups is 1. The fraction of sp³-hybridized carbons (Fsp3) is 0.550. The molecule has 8 nitrogen and oxygen atoms in total. The van der Waals surface area contributed by atoms with Crippen LogP contribution in [0.15, 0.2) is 29.3 Å². The molecule has 10 heteroatoms. The highest BCUT2D eigenvalue weighted by Crippen LogP contribution is 2.41. The second kappa shape index (κ2) is 8.58. The molecule has 2 fully saturated rings. The molecule has 2 aliphatic rings. The minimum atomic E-state index is -3.11. The zero-order chi connectivity index (χ0) is 22.1. The number of carbonyl (C=O) groups excluding carboxylic acids is 2. The van der Waals surface area contributed by atoms with Crippen molar-refractivity contribution in [3.8, 4) is 0 Å². The fourth-order valence-corrected chi connectivity index (χ4v) is 7.32. The molecular weight excluding hydrogens is 426 g/mol. The lowest BCUT2D eigenvalue weighted by molar-refractivity contribution is -0.117. The van der Waals surface area contributed by atoms with Crippen molar-refractivity contribution in [2.75, 3.05) is 23.0 Å². The topological polar surface area (TPSA) is 105 Å². The van der Waals surface area contributed by atoms with Crippen molar-refractivity contribution >= 4 is 44.5 Å². The summed E-state index contributed by atoms with van der Waals surface area (Å²) in [5.41, 5.74) is 1.25. The van der Waals surface area contributed by atoms with E-state index in [0.29, 0.717) is 5.17 Å². The average Bonchev–Trinajstić information content (AvgIpc) is 3.03. The number of anilines is 1. The van der Waals surface area contributed by atoms with E-state index in [-0.39, 0.29) is 41.7 Å². The zero-order valence-electron chi connectivity index (χ0n) is 17.5. The maximum Gasteiger partial charge on any atom is 0.407 e. The van der Waals surface area contributed by atoms with Gasteiger partial charge in [-0.15, -0.1) is 0 Å². The third-order valence-corrected chi connectivity index (χ3v) is 7.78. The predicted molar refractivity (Wildman–Crippen MR) is 119 cm³/mol. The first-order valence-corrected chi connectivity index (χ1v) is 12.4. The number of rotatable bonds is 4. The van der Waals surface area contributed by atoms with Gasteiger partial charge >= 0.3 is 6.09 Å². The van der Waals surface area contributed by atoms with Crippen LogP contribution in [0.3, 0.4) is 0 Å². The lowest BCUT2D eigenvalue weighted by Gasteiger charge is -2.24. The quantitative estimate of drug-likeness (QED) is 0.747. The van der Waals surface area contributed by atoms with Crippen molar-refractivity contribution in [3.63, 3.8) is 0 Å². The van der Waals surface area contributed by atoms with Gasteiger partial charge < -0.3 is 15.0 Å². The van der Waals surface area contributed by atoms with Crippen LogP contribution in [0.25, 0.3) is 0 Å². The second-order valence-electron chi connectivity index (χ2n) is 8.48. The molecule has 0 spiro atoms. The Morgan fingerprint density at radius 1 is 1.30 bits per heavy atom. The minimum absolute atomic E-state index is 0.0264. The van der Waals surface area contributed by atoms with Gasteiger partial charge in [-0.25, -0.2) is 13.2 Å². The van der Waals surface area contributed by atoms with E-state index in [4.69, 9.17) is 4.74 Å². The van der Waals surface area contributed by atoms with Crippen LogP contribution in [-0.4, -0.2) is 60.5 Å². The molecule has 2 aliphatic heterocycles. The monoisotopic (exact) mass is 453 g/mol. The SMILES string of the molecule is Cc1cccc(N2C(=NC(=O)CCNC(=O)OC(C)(C)C)S[C@@H]3CS(=O)(=O)C[C@H]32)c1. The van der Waals surface area contributed by atoms with Crippen LogP contribution in [-0.2, 0) is 19.4 Å². The summed E-state index contributed by atoms with van der Waals surface area (Å²) in [7, 11) is -3.11. The molecule has 0 bridgehead atoms. The minimum Gasteiger partial charge on any atom is -0.444 e. The van der Waals surface area contributed by atoms with E-state index in [0.717, 1.165) is 11.3 Å². The summed E-state index contributed by atoms with van der Waals surface area (Å²) < 4.78 is 29.4. The zero-order valence-corrected chi connectivity index (χ0v) is 19.2. The van der Waals surface area contributed by atoms with E-state index in [9.17, 15) is 18.0 Å². The molecule has 164 valence electrons. The maximum atomic E-state index is 12.4. The van der Waals surface area contributed by atoms with Gasteiger partial charge in [0.15, 0.2) is 15.0 Å². The van der Waals surface area contributed by atoms with Crippen LogP contribution in [0.5, 0.6) is 0 Å². The Hall–Kier alpha value is -2.07. The lowest BCUT2D eigenvalue weighted by Crippen LogP contribution is -2.38. The summed E-state index contributed by atoms with van der Waals surface area (Å²) in [6, 6.07) is 7.47. The van der Waals surface area contributed by atoms with Gasteiger partial charge in [0.2, 0.25) is 5.91 Å². The van der Waals surface area contributed by atoms with E-state index in [1.165, 1.54) is 11.8 Å². The Kier molecular flexibility index (Phi) is 6.47. The maximum absolute atomic E-state index is 12.4. The molecule has 1 aromatic carbocycles. The standard InChI is InChI=1S/C20H27N3O5S2/c1-13-6-5-7-14(10-13)23-15-11-30(26,27)12-16(15)29-18(23)22-17(24)8-9-21-19(25)28-20(2,3)4/h5-7,10,15-16H,8-9,11-12H2,1-4H3,(H,21,25)/t15-,16-/m1/s1. The van der Waals surface area contributed by atoms with E-state index in [1.54, 1.807) is 20.8 Å². The Bertz CT molecular complexity index is 969. The molecule has 2 amide bonds. The van der Waals surface area contributed by atoms with Gasteiger partial charge in [0, 0.05) is 23.9 Å². The summed E-state index contributed by atoms with van der Waals surface area (Å²) in [4.78, 5) is 30.2. The van der Waals surface area contributed by atoms with Crippen molar-refractivity contribution in [2.45, 2.75) is 51.0 Å². The largest absolute Gasteiger partial charge is 0.444 e. The number of nitrogens with zero attached hydrogens (tertiary/aromatic N) is 2. The van der Waals surface area contributed by atoms with Crippen LogP contribution in [0.2, 0.25) is 0 Å². The third kappa shape index (κ3) is 5.75. The molecule has 0 unspecified atom stereocenters. The Balaban J connectivity index is 1.71. The normalized spacial score (nSPS) is 24.0. The molecule has 1 aromatic rings. The lowest BCUT2D eigenvalue weighted by atomic mass is 10.1. The first-order chi connectivity index (χ1) is 13.9. The smallest absolute Gasteiger partial charge is 0.407 e. The number of benzene rings is 1. The predicted octanol–water partition coefficient (Wildman–Crippen LogP) is 2.51. The van der Waals surface area contributed by atoms with E-state index < -0.39 is 21.5 Å². The Morgan fingerprint density at radius 2 is 2.03 bits per heavy atom. The number of amides is 2. The molecule has 0 saturated carbocycles. The van der Waals surface area contributed by atoms with Crippen LogP contribution >= 0.6 is 11.8 Å². The summed E-state index contributed by atoms with van der Waals surface area (Å²) in [6.07, 6.45) is -0.558. The van der Waals surface area contributed by atoms with E-state index >= 15 is 0 Å². The Labute approximate surface area is 181 Å². The highest BCUT2D eigenvalue weighted by Gasteiger charge is 2.49. The molecule has 0 aromatic heterocycles. The molecule has 0 aliphatic carbocycles. The Morgan fingerprint density at radius 3 is 2.70 bits per heavy atom. The molecule has 2 heterocycles. The van der Waals surface area contributed by atoms with Gasteiger partial charge in [-0.05, 0) is 45.4 Å². The van der Waals surface area contributed by atoms with Crippen molar-refractivity contribution in [3.05, 3.63) is 29.8 Å². The van der Waals surface area contributed by atoms with Gasteiger partial charge in [-0.1, -0.05) is 23.9 Å². The number of sulfone groups is 1. The number of alkyl carbamates (subject to hydrolysis) is 1. The van der Waals surface area contributed by atoms with Crippen molar-refractivity contribution in [2.24, 2.45) is 4.99 Å². The first kappa shape index (κ1) is 22.6. The highest BCUT2D eigenvalue weighted by molar-refractivity contribution is 8.16. The highest BCUT2D eigenvalue weighted by atomic mass is 32.2. The van der Waals surface area contributed by atoms with Gasteiger partial charge in [-0.2, -0.15) is 4.99 Å². The van der Waals surface area contributed by atoms with Crippen LogP contribution in [0.1, 0.15) is 32.8 Å². The first-order valence-electron chi connectivity index (χ1n) is 9.75. The average molecular weight is 454 g/mol. The third-order valence-electron chi connectivity index (χ3n) is 4.57. The van der Waals surface area contributed by atoms with E-state index in [2.05, 4.69) is 10.3 Å². The van der Waals surface area contributed by atoms with Gasteiger partial charge in [-0.3, -0.25) is 4.79 Å². The number of aliphatic imine (C=N–C) groups is 1. The molecule has 2 atom stereocenters. The van der Waals surface area contributed by atoms with Gasteiger partial charge in [0.05, 0.1) is 17.5 Å². The van der Waals surface area contributed by atoms with Gasteiger partial charge in [0.1, 0.15) is 5.60 Å². The van der Waals surface area contributed by atoms with Crippen molar-refractivity contribution in [1.29, 1.82) is 0 Å². The number of hydrogen-bond donors (Lipinski definition) is 1. The molecule has 2 saturated heterocycles. The van der Waals surface area contributed by atoms with Crippen LogP contribution < -0.4 is 10.2 Å². The summed E-state index contributed by atoms with van der Waals surface area (Å²) in [5, 5.41) is 2.90. The molecule has 1 N–H and O–H groups in total. The fourth-order valence-electron chi connectivity index (χ4n) is 3.39. The van der Waals surface area contributed by atoms with E-state index in [1.807, 2.05) is 36.1 Å². The van der Waals surface area contributed by atoms with Crippen molar-refractivity contribution < 1.29 is 22.7 Å². The summed E-state index contributed by atoms with van der Waals surface area (Å²) >= 11 is 1.33. The van der Waals surface area contributed by atoms with Crippen LogP contribution in [0, 0.1) is 6.92 Å². The number of ether oxygens (including phenoxy) is 1. The number of amidine groups is 1. The van der Waals surface area contributed by atoms with Crippen LogP contribution in [0.4, 0.5) is 10.5 Å². The number of nitrogens with one attached hydrogen (secondary N) is 1.